The molecule has 0 saturated carbocycles. The van der Waals surface area contributed by atoms with E-state index in [4.69, 9.17) is 14.4 Å². The van der Waals surface area contributed by atoms with Crippen molar-refractivity contribution in [3.8, 4) is 11.8 Å². The van der Waals surface area contributed by atoms with E-state index in [1.165, 1.54) is 42.1 Å². The first-order valence-corrected chi connectivity index (χ1v) is 8.38. The van der Waals surface area contributed by atoms with Gasteiger partial charge in [-0.05, 0) is 30.3 Å². The third kappa shape index (κ3) is 4.34. The van der Waals surface area contributed by atoms with E-state index in [0.29, 0.717) is 22.2 Å². The zero-order valence-corrected chi connectivity index (χ0v) is 14.1. The standard InChI is InChI=1S/C18H11N3O4S/c19-9-12-2-4-13(5-3-12)17(23)25-16-10-24-14(8-15(16)22)11-26-18-20-6-1-7-21-18/h1-8,10H,11H2. The van der Waals surface area contributed by atoms with Crippen molar-refractivity contribution >= 4 is 17.7 Å². The number of ether oxygens (including phenoxy) is 1. The first kappa shape index (κ1) is 17.4. The molecule has 1 aromatic carbocycles. The minimum Gasteiger partial charge on any atom is -0.464 e. The number of rotatable bonds is 5. The summed E-state index contributed by atoms with van der Waals surface area (Å²) >= 11 is 1.31. The van der Waals surface area contributed by atoms with Gasteiger partial charge in [0.1, 0.15) is 12.0 Å². The summed E-state index contributed by atoms with van der Waals surface area (Å²) in [5.74, 6) is -0.139. The highest BCUT2D eigenvalue weighted by Crippen LogP contribution is 2.19. The molecule has 0 N–H and O–H groups in total. The smallest absolute Gasteiger partial charge is 0.343 e. The molecule has 2 aromatic heterocycles. The molecule has 0 saturated heterocycles. The largest absolute Gasteiger partial charge is 0.464 e. The molecule has 0 aliphatic rings. The van der Waals surface area contributed by atoms with Gasteiger partial charge in [0.15, 0.2) is 5.16 Å². The van der Waals surface area contributed by atoms with Gasteiger partial charge in [0.2, 0.25) is 11.2 Å². The van der Waals surface area contributed by atoms with Gasteiger partial charge in [0.25, 0.3) is 0 Å². The van der Waals surface area contributed by atoms with E-state index >= 15 is 0 Å². The fraction of sp³-hybridized carbons (Fsp3) is 0.0556. The molecule has 3 aromatic rings. The molecule has 128 valence electrons. The lowest BCUT2D eigenvalue weighted by molar-refractivity contribution is 0.0729. The Bertz CT molecular complexity index is 1010. The maximum absolute atomic E-state index is 12.1. The molecule has 0 amide bonds. The molecule has 26 heavy (non-hydrogen) atoms. The van der Waals surface area contributed by atoms with Gasteiger partial charge in [0.05, 0.1) is 22.9 Å². The Labute approximate surface area is 152 Å². The van der Waals surface area contributed by atoms with Crippen LogP contribution in [0.5, 0.6) is 5.75 Å². The van der Waals surface area contributed by atoms with Crippen LogP contribution >= 0.6 is 11.8 Å². The Morgan fingerprint density at radius 1 is 1.23 bits per heavy atom. The van der Waals surface area contributed by atoms with Gasteiger partial charge >= 0.3 is 5.97 Å². The number of esters is 1. The summed E-state index contributed by atoms with van der Waals surface area (Å²) in [6.07, 6.45) is 4.35. The fourth-order valence-corrected chi connectivity index (χ4v) is 2.62. The van der Waals surface area contributed by atoms with Crippen LogP contribution in [0.3, 0.4) is 0 Å². The Kier molecular flexibility index (Phi) is 5.41. The normalized spacial score (nSPS) is 10.1. The molecule has 7 nitrogen and oxygen atoms in total. The number of nitrogens with zero attached hydrogens (tertiary/aromatic N) is 3. The van der Waals surface area contributed by atoms with Crippen LogP contribution in [-0.2, 0) is 5.75 Å². The van der Waals surface area contributed by atoms with Crippen LogP contribution in [0.4, 0.5) is 0 Å². The Morgan fingerprint density at radius 2 is 1.96 bits per heavy atom. The predicted molar refractivity (Wildman–Crippen MR) is 92.7 cm³/mol. The van der Waals surface area contributed by atoms with Crippen molar-refractivity contribution in [3.63, 3.8) is 0 Å². The van der Waals surface area contributed by atoms with Crippen LogP contribution in [0.25, 0.3) is 0 Å². The van der Waals surface area contributed by atoms with E-state index in [0.717, 1.165) is 6.26 Å². The molecule has 0 aliphatic carbocycles. The highest BCUT2D eigenvalue weighted by molar-refractivity contribution is 7.98. The molecular weight excluding hydrogens is 354 g/mol. The first-order valence-electron chi connectivity index (χ1n) is 7.39. The molecule has 0 unspecified atom stereocenters. The van der Waals surface area contributed by atoms with Gasteiger partial charge < -0.3 is 9.15 Å². The van der Waals surface area contributed by atoms with Crippen molar-refractivity contribution in [2.75, 3.05) is 0 Å². The molecule has 0 atom stereocenters. The van der Waals surface area contributed by atoms with E-state index in [2.05, 4.69) is 9.97 Å². The molecule has 0 aliphatic heterocycles. The van der Waals surface area contributed by atoms with E-state index in [9.17, 15) is 9.59 Å². The molecule has 0 spiro atoms. The molecule has 0 radical (unpaired) electrons. The second-order valence-electron chi connectivity index (χ2n) is 4.97. The lowest BCUT2D eigenvalue weighted by Gasteiger charge is -2.04. The summed E-state index contributed by atoms with van der Waals surface area (Å²) in [7, 11) is 0. The Hall–Kier alpha value is -3.44. The maximum atomic E-state index is 12.1. The molecule has 0 fully saturated rings. The van der Waals surface area contributed by atoms with E-state index in [1.807, 2.05) is 6.07 Å². The zero-order chi connectivity index (χ0) is 18.4. The van der Waals surface area contributed by atoms with Gasteiger partial charge in [-0.15, -0.1) is 0 Å². The van der Waals surface area contributed by atoms with Crippen LogP contribution in [0.1, 0.15) is 21.7 Å². The van der Waals surface area contributed by atoms with E-state index in [-0.39, 0.29) is 11.3 Å². The third-order valence-corrected chi connectivity index (χ3v) is 4.09. The number of carbonyl (C=O) groups is 1. The summed E-state index contributed by atoms with van der Waals surface area (Å²) in [4.78, 5) is 32.3. The number of hydrogen-bond donors (Lipinski definition) is 0. The van der Waals surface area contributed by atoms with Gasteiger partial charge in [-0.1, -0.05) is 11.8 Å². The minimum absolute atomic E-state index is 0.205. The monoisotopic (exact) mass is 365 g/mol. The SMILES string of the molecule is N#Cc1ccc(C(=O)Oc2coc(CSc3ncccn3)cc2=O)cc1. The summed E-state index contributed by atoms with van der Waals surface area (Å²) in [6.45, 7) is 0. The fourth-order valence-electron chi connectivity index (χ4n) is 1.92. The van der Waals surface area contributed by atoms with E-state index in [1.54, 1.807) is 18.5 Å². The van der Waals surface area contributed by atoms with Gasteiger partial charge in [0, 0.05) is 18.5 Å². The van der Waals surface area contributed by atoms with Crippen molar-refractivity contribution in [1.29, 1.82) is 5.26 Å². The lowest BCUT2D eigenvalue weighted by Crippen LogP contribution is -2.14. The highest BCUT2D eigenvalue weighted by Gasteiger charge is 2.13. The lowest BCUT2D eigenvalue weighted by atomic mass is 10.1. The molecule has 8 heteroatoms. The average molecular weight is 365 g/mol. The number of aromatic nitrogens is 2. The first-order chi connectivity index (χ1) is 12.7. The molecule has 3 rings (SSSR count). The molecule has 2 heterocycles. The van der Waals surface area contributed by atoms with Crippen LogP contribution in [-0.4, -0.2) is 15.9 Å². The average Bonchev–Trinajstić information content (AvgIpc) is 2.69. The number of thioether (sulfide) groups is 1. The van der Waals surface area contributed by atoms with Gasteiger partial charge in [-0.3, -0.25) is 4.79 Å². The topological polar surface area (TPSA) is 106 Å². The zero-order valence-electron chi connectivity index (χ0n) is 13.3. The summed E-state index contributed by atoms with van der Waals surface area (Å²) < 4.78 is 10.4. The highest BCUT2D eigenvalue weighted by atomic mass is 32.2. The van der Waals surface area contributed by atoms with E-state index < -0.39 is 11.4 Å². The summed E-state index contributed by atoms with van der Waals surface area (Å²) in [6, 6.07) is 10.8. The van der Waals surface area contributed by atoms with Crippen molar-refractivity contribution in [1.82, 2.24) is 9.97 Å². The van der Waals surface area contributed by atoms with Crippen LogP contribution in [0, 0.1) is 11.3 Å². The van der Waals surface area contributed by atoms with Crippen LogP contribution in [0.15, 0.2) is 69.4 Å². The number of carbonyl (C=O) groups excluding carboxylic acids is 1. The van der Waals surface area contributed by atoms with Crippen LogP contribution in [0.2, 0.25) is 0 Å². The Morgan fingerprint density at radius 3 is 2.62 bits per heavy atom. The maximum Gasteiger partial charge on any atom is 0.343 e. The summed E-state index contributed by atoms with van der Waals surface area (Å²) in [5, 5.41) is 9.31. The van der Waals surface area contributed by atoms with Gasteiger partial charge in [-0.2, -0.15) is 5.26 Å². The van der Waals surface area contributed by atoms with Crippen LogP contribution < -0.4 is 10.2 Å². The third-order valence-electron chi connectivity index (χ3n) is 3.19. The number of nitriles is 1. The number of hydrogen-bond acceptors (Lipinski definition) is 8. The van der Waals surface area contributed by atoms with Crippen molar-refractivity contribution in [2.24, 2.45) is 0 Å². The second-order valence-corrected chi connectivity index (χ2v) is 5.92. The minimum atomic E-state index is -0.707. The molecule has 0 bridgehead atoms. The van der Waals surface area contributed by atoms with Crippen molar-refractivity contribution in [2.45, 2.75) is 10.9 Å². The Balaban J connectivity index is 1.66. The quantitative estimate of drug-likeness (QED) is 0.386. The summed E-state index contributed by atoms with van der Waals surface area (Å²) in [5.41, 5.74) is 0.178. The predicted octanol–water partition coefficient (Wildman–Crippen LogP) is 2.81. The molecular formula is C18H11N3O4S. The second kappa shape index (κ2) is 8.09. The van der Waals surface area contributed by atoms with Gasteiger partial charge in [-0.25, -0.2) is 14.8 Å². The number of benzene rings is 1. The van der Waals surface area contributed by atoms with Crippen molar-refractivity contribution in [3.05, 3.63) is 82.2 Å². The van der Waals surface area contributed by atoms with Crippen molar-refractivity contribution < 1.29 is 13.9 Å².